The third-order valence-electron chi connectivity index (χ3n) is 5.22. The lowest BCUT2D eigenvalue weighted by Crippen LogP contribution is -3.13. The summed E-state index contributed by atoms with van der Waals surface area (Å²) in [5, 5.41) is 0. The van der Waals surface area contributed by atoms with E-state index in [-0.39, 0.29) is 5.97 Å². The van der Waals surface area contributed by atoms with Gasteiger partial charge in [-0.05, 0) is 43.2 Å². The molecular weight excluding hydrogens is 376 g/mol. The summed E-state index contributed by atoms with van der Waals surface area (Å²) in [4.78, 5) is 13.3. The molecule has 150 valence electrons. The van der Waals surface area contributed by atoms with Gasteiger partial charge in [-0.2, -0.15) is 4.31 Å². The first kappa shape index (κ1) is 20.5. The van der Waals surface area contributed by atoms with Crippen LogP contribution in [0.15, 0.2) is 47.4 Å². The number of quaternary nitrogens is 1. The van der Waals surface area contributed by atoms with Crippen molar-refractivity contribution in [3.63, 3.8) is 0 Å². The minimum Gasteiger partial charge on any atom is -0.465 e. The number of sulfonamides is 1. The van der Waals surface area contributed by atoms with Crippen molar-refractivity contribution in [2.45, 2.75) is 25.3 Å². The number of ether oxygens (including phenoxy) is 1. The number of hydrogen-bond donors (Lipinski definition) is 1. The number of rotatable bonds is 5. The first-order valence-electron chi connectivity index (χ1n) is 9.39. The molecule has 0 unspecified atom stereocenters. The van der Waals surface area contributed by atoms with Crippen LogP contribution in [0.1, 0.15) is 27.0 Å². The van der Waals surface area contributed by atoms with Gasteiger partial charge in [-0.25, -0.2) is 13.2 Å². The van der Waals surface area contributed by atoms with Gasteiger partial charge in [0, 0.05) is 5.56 Å². The molecule has 0 amide bonds. The monoisotopic (exact) mass is 403 g/mol. The normalized spacial score (nSPS) is 16.1. The quantitative estimate of drug-likeness (QED) is 0.762. The third kappa shape index (κ3) is 4.43. The lowest BCUT2D eigenvalue weighted by atomic mass is 10.1. The summed E-state index contributed by atoms with van der Waals surface area (Å²) < 4.78 is 32.4. The molecule has 0 saturated carbocycles. The smallest absolute Gasteiger partial charge is 0.337 e. The number of piperazine rings is 1. The summed E-state index contributed by atoms with van der Waals surface area (Å²) in [6.07, 6.45) is 0. The summed E-state index contributed by atoms with van der Waals surface area (Å²) in [6, 6.07) is 12.9. The topological polar surface area (TPSA) is 68.1 Å². The maximum absolute atomic E-state index is 13.0. The molecule has 0 aromatic heterocycles. The summed E-state index contributed by atoms with van der Waals surface area (Å²) in [6.45, 7) is 7.07. The Kier molecular flexibility index (Phi) is 6.17. The number of methoxy groups -OCH3 is 1. The second-order valence-electron chi connectivity index (χ2n) is 7.29. The Labute approximate surface area is 166 Å². The molecule has 0 aliphatic carbocycles. The predicted octanol–water partition coefficient (Wildman–Crippen LogP) is 1.18. The van der Waals surface area contributed by atoms with Crippen molar-refractivity contribution in [3.05, 3.63) is 64.7 Å². The van der Waals surface area contributed by atoms with Gasteiger partial charge in [-0.3, -0.25) is 0 Å². The Morgan fingerprint density at radius 3 is 2.32 bits per heavy atom. The Morgan fingerprint density at radius 2 is 1.71 bits per heavy atom. The highest BCUT2D eigenvalue weighted by atomic mass is 32.2. The van der Waals surface area contributed by atoms with Gasteiger partial charge in [0.05, 0.1) is 43.7 Å². The standard InChI is InChI=1S/C21H26N2O4S/c1-16-4-5-17(2)20(14-16)28(25,26)23-12-10-22(11-13-23)15-18-6-8-19(9-7-18)21(24)27-3/h4-9,14H,10-13,15H2,1-3H3/p+1. The van der Waals surface area contributed by atoms with E-state index in [1.54, 1.807) is 22.5 Å². The second kappa shape index (κ2) is 8.43. The maximum atomic E-state index is 13.0. The van der Waals surface area contributed by atoms with Crippen LogP contribution in [0.5, 0.6) is 0 Å². The van der Waals surface area contributed by atoms with E-state index in [1.165, 1.54) is 12.0 Å². The van der Waals surface area contributed by atoms with Crippen LogP contribution in [-0.4, -0.2) is 52.0 Å². The number of aryl methyl sites for hydroxylation is 2. The molecule has 0 spiro atoms. The molecule has 1 saturated heterocycles. The largest absolute Gasteiger partial charge is 0.465 e. The fraction of sp³-hybridized carbons (Fsp3) is 0.381. The van der Waals surface area contributed by atoms with Gasteiger partial charge in [0.15, 0.2) is 0 Å². The third-order valence-corrected chi connectivity index (χ3v) is 7.26. The van der Waals surface area contributed by atoms with E-state index in [2.05, 4.69) is 0 Å². The molecule has 0 atom stereocenters. The molecule has 6 nitrogen and oxygen atoms in total. The van der Waals surface area contributed by atoms with E-state index >= 15 is 0 Å². The molecule has 2 aromatic carbocycles. The van der Waals surface area contributed by atoms with Crippen molar-refractivity contribution in [1.82, 2.24) is 4.31 Å². The van der Waals surface area contributed by atoms with E-state index in [9.17, 15) is 13.2 Å². The number of carbonyl (C=O) groups excluding carboxylic acids is 1. The van der Waals surface area contributed by atoms with Gasteiger partial charge in [-0.1, -0.05) is 24.3 Å². The van der Waals surface area contributed by atoms with E-state index in [0.29, 0.717) is 23.5 Å². The van der Waals surface area contributed by atoms with Crippen LogP contribution in [-0.2, 0) is 21.3 Å². The molecule has 0 radical (unpaired) electrons. The average molecular weight is 404 g/mol. The minimum atomic E-state index is -3.46. The van der Waals surface area contributed by atoms with Gasteiger partial charge < -0.3 is 9.64 Å². The number of esters is 1. The fourth-order valence-corrected chi connectivity index (χ4v) is 5.26. The lowest BCUT2D eigenvalue weighted by molar-refractivity contribution is -0.917. The van der Waals surface area contributed by atoms with Crippen LogP contribution in [0.2, 0.25) is 0 Å². The van der Waals surface area contributed by atoms with Crippen LogP contribution in [0, 0.1) is 13.8 Å². The molecule has 7 heteroatoms. The van der Waals surface area contributed by atoms with Crippen molar-refractivity contribution >= 4 is 16.0 Å². The van der Waals surface area contributed by atoms with Crippen molar-refractivity contribution in [2.75, 3.05) is 33.3 Å². The molecule has 1 aliphatic rings. The van der Waals surface area contributed by atoms with Gasteiger partial charge in [-0.15, -0.1) is 0 Å². The maximum Gasteiger partial charge on any atom is 0.337 e. The zero-order chi connectivity index (χ0) is 20.3. The Bertz CT molecular complexity index is 947. The van der Waals surface area contributed by atoms with Gasteiger partial charge >= 0.3 is 5.97 Å². The molecule has 1 aliphatic heterocycles. The fourth-order valence-electron chi connectivity index (χ4n) is 3.51. The summed E-state index contributed by atoms with van der Waals surface area (Å²) in [5.41, 5.74) is 3.38. The molecule has 3 rings (SSSR count). The van der Waals surface area contributed by atoms with Gasteiger partial charge in [0.2, 0.25) is 10.0 Å². The van der Waals surface area contributed by atoms with E-state index in [1.807, 2.05) is 38.1 Å². The summed E-state index contributed by atoms with van der Waals surface area (Å²) >= 11 is 0. The average Bonchev–Trinajstić information content (AvgIpc) is 2.70. The second-order valence-corrected chi connectivity index (χ2v) is 9.19. The minimum absolute atomic E-state index is 0.343. The lowest BCUT2D eigenvalue weighted by Gasteiger charge is -2.32. The van der Waals surface area contributed by atoms with E-state index in [0.717, 1.165) is 36.3 Å². The van der Waals surface area contributed by atoms with Crippen LogP contribution in [0.4, 0.5) is 0 Å². The number of hydrogen-bond acceptors (Lipinski definition) is 4. The van der Waals surface area contributed by atoms with Crippen LogP contribution in [0.25, 0.3) is 0 Å². The predicted molar refractivity (Wildman–Crippen MR) is 107 cm³/mol. The van der Waals surface area contributed by atoms with Crippen LogP contribution < -0.4 is 4.90 Å². The first-order chi connectivity index (χ1) is 13.3. The van der Waals surface area contributed by atoms with Crippen molar-refractivity contribution < 1.29 is 22.8 Å². The molecule has 2 aromatic rings. The molecule has 1 heterocycles. The highest BCUT2D eigenvalue weighted by molar-refractivity contribution is 7.89. The van der Waals surface area contributed by atoms with Crippen molar-refractivity contribution in [3.8, 4) is 0 Å². The molecular formula is C21H27N2O4S+. The SMILES string of the molecule is COC(=O)c1ccc(C[NH+]2CCN(S(=O)(=O)c3cc(C)ccc3C)CC2)cc1. The number of nitrogens with zero attached hydrogens (tertiary/aromatic N) is 1. The van der Waals surface area contributed by atoms with Crippen LogP contribution >= 0.6 is 0 Å². The summed E-state index contributed by atoms with van der Waals surface area (Å²) in [5.74, 6) is -0.343. The molecule has 1 fully saturated rings. The first-order valence-corrected chi connectivity index (χ1v) is 10.8. The Balaban J connectivity index is 1.62. The van der Waals surface area contributed by atoms with E-state index in [4.69, 9.17) is 4.74 Å². The van der Waals surface area contributed by atoms with E-state index < -0.39 is 10.0 Å². The highest BCUT2D eigenvalue weighted by Crippen LogP contribution is 2.21. The zero-order valence-electron chi connectivity index (χ0n) is 16.6. The number of carbonyl (C=O) groups is 1. The molecule has 0 bridgehead atoms. The number of nitrogens with one attached hydrogen (secondary N) is 1. The summed E-state index contributed by atoms with van der Waals surface area (Å²) in [7, 11) is -2.09. The van der Waals surface area contributed by atoms with Gasteiger partial charge in [0.1, 0.15) is 6.54 Å². The van der Waals surface area contributed by atoms with Crippen molar-refractivity contribution in [2.24, 2.45) is 0 Å². The van der Waals surface area contributed by atoms with Crippen LogP contribution in [0.3, 0.4) is 0 Å². The molecule has 1 N–H and O–H groups in total. The molecule has 28 heavy (non-hydrogen) atoms. The zero-order valence-corrected chi connectivity index (χ0v) is 17.4. The van der Waals surface area contributed by atoms with Gasteiger partial charge in [0.25, 0.3) is 0 Å². The number of benzene rings is 2. The highest BCUT2D eigenvalue weighted by Gasteiger charge is 2.31. The Morgan fingerprint density at radius 1 is 1.07 bits per heavy atom. The van der Waals surface area contributed by atoms with Crippen molar-refractivity contribution in [1.29, 1.82) is 0 Å². The Hall–Kier alpha value is -2.22.